The monoisotopic (exact) mass is 338 g/mol. The Labute approximate surface area is 95.5 Å². The van der Waals surface area contributed by atoms with Gasteiger partial charge in [-0.05, 0) is 22.0 Å². The number of hydrazone groups is 1. The number of hydrogen-bond donors (Lipinski definition) is 0. The highest BCUT2D eigenvalue weighted by atomic mass is 127. The summed E-state index contributed by atoms with van der Waals surface area (Å²) in [5, 5.41) is 4.00. The molecule has 0 aromatic rings. The fourth-order valence-electron chi connectivity index (χ4n) is 0.277. The van der Waals surface area contributed by atoms with Crippen LogP contribution in [0.25, 0.3) is 0 Å². The van der Waals surface area contributed by atoms with E-state index in [4.69, 9.17) is 23.2 Å². The van der Waals surface area contributed by atoms with Crippen LogP contribution >= 0.6 is 51.6 Å². The number of hydrogen-bond acceptors (Lipinski definition) is 3. The van der Waals surface area contributed by atoms with Crippen molar-refractivity contribution in [2.45, 2.75) is 0 Å². The van der Waals surface area contributed by atoms with Gasteiger partial charge in [0.15, 0.2) is 6.29 Å². The molecule has 0 saturated carbocycles. The Bertz CT molecular complexity index is 221. The fourth-order valence-corrected chi connectivity index (χ4v) is 0.889. The van der Waals surface area contributed by atoms with E-state index in [9.17, 15) is 4.79 Å². The molecule has 1 atom stereocenters. The zero-order valence-corrected chi connectivity index (χ0v) is 10.8. The molecule has 0 aliphatic heterocycles. The average molecular weight is 339 g/mol. The maximum Gasteiger partial charge on any atom is 0.162 e. The molecule has 0 spiro atoms. The Hall–Kier alpha value is 0.620. The largest absolute Gasteiger partial charge is 0.297 e. The zero-order valence-electron chi connectivity index (χ0n) is 6.09. The molecule has 0 rings (SSSR count). The van der Waals surface area contributed by atoms with Crippen LogP contribution in [0.4, 0.5) is 0 Å². The maximum atomic E-state index is 10.1. The van der Waals surface area contributed by atoms with Gasteiger partial charge >= 0.3 is 0 Å². The minimum Gasteiger partial charge on any atom is -0.297 e. The summed E-state index contributed by atoms with van der Waals surface area (Å²) in [6.45, 7) is 0. The summed E-state index contributed by atoms with van der Waals surface area (Å²) < 4.78 is 1.68. The van der Waals surface area contributed by atoms with E-state index in [1.807, 2.05) is 0 Å². The van der Waals surface area contributed by atoms with Crippen LogP contribution in [0.15, 0.2) is 15.2 Å². The lowest BCUT2D eigenvalue weighted by atomic mass is 10.5. The van der Waals surface area contributed by atoms with Crippen molar-refractivity contribution in [1.82, 2.24) is 4.78 Å². The van der Waals surface area contributed by atoms with Gasteiger partial charge in [0.05, 0.1) is 17.6 Å². The van der Waals surface area contributed by atoms with Gasteiger partial charge in [0.2, 0.25) is 0 Å². The first-order valence-electron chi connectivity index (χ1n) is 2.76. The summed E-state index contributed by atoms with van der Waals surface area (Å²) in [4.78, 5) is 10.1. The van der Waals surface area contributed by atoms with E-state index < -0.39 is 0 Å². The molecule has 0 radical (unpaired) electrons. The number of rotatable bonds is 4. The van der Waals surface area contributed by atoms with Crippen molar-refractivity contribution in [3.8, 4) is 0 Å². The van der Waals surface area contributed by atoms with Crippen molar-refractivity contribution < 1.29 is 4.79 Å². The van der Waals surface area contributed by atoms with Gasteiger partial charge in [0.1, 0.15) is 5.03 Å². The molecule has 0 aliphatic rings. The lowest BCUT2D eigenvalue weighted by molar-refractivity contribution is -0.104. The van der Waals surface area contributed by atoms with Gasteiger partial charge in [-0.25, -0.2) is 0 Å². The summed E-state index contributed by atoms with van der Waals surface area (Å²) in [5.74, 6) is 0. The molecule has 7 heteroatoms. The number of carbonyl (C=O) groups is 1. The predicted molar refractivity (Wildman–Crippen MR) is 63.4 cm³/mol. The van der Waals surface area contributed by atoms with Gasteiger partial charge in [0.25, 0.3) is 0 Å². The third kappa shape index (κ3) is 5.30. The van der Waals surface area contributed by atoms with Crippen LogP contribution in [-0.4, -0.2) is 24.3 Å². The summed E-state index contributed by atoms with van der Waals surface area (Å²) in [6, 6.07) is 0. The fraction of sp³-hybridized carbons (Fsp3) is 0.200. The number of nitrogens with zero attached hydrogens (tertiary/aromatic N) is 2. The van der Waals surface area contributed by atoms with Crippen molar-refractivity contribution in [2.24, 2.45) is 5.10 Å². The van der Waals surface area contributed by atoms with E-state index in [0.29, 0.717) is 12.7 Å². The van der Waals surface area contributed by atoms with Crippen LogP contribution in [0.1, 0.15) is 0 Å². The second-order valence-corrected chi connectivity index (χ2v) is 4.74. The lowest BCUT2D eigenvalue weighted by Crippen LogP contribution is -1.95. The van der Waals surface area contributed by atoms with E-state index in [1.54, 1.807) is 11.8 Å². The van der Waals surface area contributed by atoms with Crippen LogP contribution in [0.5, 0.6) is 0 Å². The highest BCUT2D eigenvalue weighted by Gasteiger charge is 1.96. The molecule has 0 saturated heterocycles. The topological polar surface area (TPSA) is 32.7 Å². The quantitative estimate of drug-likeness (QED) is 0.197. The standard InChI is InChI=1S/C5H6Cl2IN2OP/c1-10(12-8)9-2-4(6)5(7)3-11/h2-3,12H,1H3/b5-4-,9-2-. The Morgan fingerprint density at radius 3 is 2.58 bits per heavy atom. The maximum absolute atomic E-state index is 10.1. The van der Waals surface area contributed by atoms with Crippen LogP contribution in [0.2, 0.25) is 0 Å². The van der Waals surface area contributed by atoms with Crippen LogP contribution in [0.3, 0.4) is 0 Å². The van der Waals surface area contributed by atoms with E-state index in [1.165, 1.54) is 6.21 Å². The van der Waals surface area contributed by atoms with Crippen molar-refractivity contribution in [2.75, 3.05) is 7.05 Å². The summed E-state index contributed by atoms with van der Waals surface area (Å²) in [6.07, 6.45) is 2.33. The van der Waals surface area contributed by atoms with Gasteiger partial charge in [-0.1, -0.05) is 23.2 Å². The highest BCUT2D eigenvalue weighted by molar-refractivity contribution is 14.2. The second kappa shape index (κ2) is 7.06. The molecule has 0 fully saturated rings. The number of halogens is 3. The summed E-state index contributed by atoms with van der Waals surface area (Å²) in [7, 11) is 1.79. The van der Waals surface area contributed by atoms with Crippen LogP contribution in [0, 0.1) is 0 Å². The molecule has 1 unspecified atom stereocenters. The second-order valence-electron chi connectivity index (χ2n) is 1.67. The van der Waals surface area contributed by atoms with Gasteiger partial charge in [-0.15, -0.1) is 0 Å². The van der Waals surface area contributed by atoms with Crippen LogP contribution in [-0.2, 0) is 4.79 Å². The van der Waals surface area contributed by atoms with Crippen LogP contribution < -0.4 is 0 Å². The van der Waals surface area contributed by atoms with Crippen molar-refractivity contribution in [3.63, 3.8) is 0 Å². The highest BCUT2D eigenvalue weighted by Crippen LogP contribution is 2.24. The first kappa shape index (κ1) is 12.6. The molecule has 68 valence electrons. The molecule has 0 heterocycles. The molecule has 0 aromatic carbocycles. The molecule has 0 bridgehead atoms. The Morgan fingerprint density at radius 2 is 2.17 bits per heavy atom. The normalized spacial score (nSPS) is 14.0. The molecular weight excluding hydrogens is 333 g/mol. The minimum absolute atomic E-state index is 0.0365. The van der Waals surface area contributed by atoms with Crippen molar-refractivity contribution >= 4 is 64.1 Å². The van der Waals surface area contributed by atoms with Crippen molar-refractivity contribution in [1.29, 1.82) is 0 Å². The van der Waals surface area contributed by atoms with E-state index in [-0.39, 0.29) is 10.1 Å². The Kier molecular flexibility index (Phi) is 7.43. The molecule has 0 amide bonds. The van der Waals surface area contributed by atoms with Gasteiger partial charge < -0.3 is 0 Å². The van der Waals surface area contributed by atoms with E-state index in [2.05, 4.69) is 27.1 Å². The Balaban J connectivity index is 4.25. The zero-order chi connectivity index (χ0) is 9.56. The van der Waals surface area contributed by atoms with Gasteiger partial charge in [0, 0.05) is 7.05 Å². The molecule has 3 nitrogen and oxygen atoms in total. The smallest absolute Gasteiger partial charge is 0.162 e. The molecular formula is C5H6Cl2IN2OP. The average Bonchev–Trinajstić information content (AvgIpc) is 2.11. The number of aldehydes is 1. The molecule has 12 heavy (non-hydrogen) atoms. The summed E-state index contributed by atoms with van der Waals surface area (Å²) in [5.41, 5.74) is 0. The number of carbonyl (C=O) groups excluding carboxylic acids is 1. The molecule has 0 aliphatic carbocycles. The minimum atomic E-state index is -0.0365. The lowest BCUT2D eigenvalue weighted by Gasteiger charge is -2.05. The van der Waals surface area contributed by atoms with Crippen molar-refractivity contribution in [3.05, 3.63) is 10.1 Å². The SMILES string of the molecule is CN(/N=C\C(Cl)=C(\Cl)C=O)PI. The third-order valence-corrected chi connectivity index (χ3v) is 3.94. The summed E-state index contributed by atoms with van der Waals surface area (Å²) >= 11 is 13.2. The van der Waals surface area contributed by atoms with Gasteiger partial charge in [-0.2, -0.15) is 5.10 Å². The predicted octanol–water partition coefficient (Wildman–Crippen LogP) is 2.74. The van der Waals surface area contributed by atoms with E-state index in [0.717, 1.165) is 0 Å². The number of allylic oxidation sites excluding steroid dienone is 2. The van der Waals surface area contributed by atoms with E-state index >= 15 is 0 Å². The first-order chi connectivity index (χ1) is 5.61. The molecule has 0 aromatic heterocycles. The van der Waals surface area contributed by atoms with Gasteiger partial charge in [-0.3, -0.25) is 9.57 Å². The molecule has 0 N–H and O–H groups in total. The third-order valence-electron chi connectivity index (χ3n) is 0.798. The first-order valence-corrected chi connectivity index (χ1v) is 7.58. The Morgan fingerprint density at radius 1 is 1.58 bits per heavy atom.